The number of hydrogen-bond donors (Lipinski definition) is 1. The third-order valence-corrected chi connectivity index (χ3v) is 3.46. The standard InChI is InChI=1S/C14H21N5O/c1-5-6-7-19-13(10(2)8-16-19)17-14(20)12-9-15-18(4)11(12)3/h8-9H,5-7H2,1-4H3,(H,17,20). The monoisotopic (exact) mass is 275 g/mol. The maximum atomic E-state index is 12.3. The Kier molecular flexibility index (Phi) is 4.22. The average Bonchev–Trinajstić information content (AvgIpc) is 2.93. The molecule has 108 valence electrons. The first-order chi connectivity index (χ1) is 9.54. The summed E-state index contributed by atoms with van der Waals surface area (Å²) < 4.78 is 3.54. The van der Waals surface area contributed by atoms with Crippen LogP contribution in [0, 0.1) is 13.8 Å². The highest BCUT2D eigenvalue weighted by atomic mass is 16.1. The van der Waals surface area contributed by atoms with Crippen LogP contribution < -0.4 is 5.32 Å². The van der Waals surface area contributed by atoms with Crippen LogP contribution in [0.5, 0.6) is 0 Å². The molecule has 0 aromatic carbocycles. The van der Waals surface area contributed by atoms with E-state index in [-0.39, 0.29) is 5.91 Å². The minimum atomic E-state index is -0.142. The van der Waals surface area contributed by atoms with Gasteiger partial charge < -0.3 is 5.32 Å². The summed E-state index contributed by atoms with van der Waals surface area (Å²) in [7, 11) is 1.82. The van der Waals surface area contributed by atoms with E-state index < -0.39 is 0 Å². The van der Waals surface area contributed by atoms with Gasteiger partial charge in [-0.2, -0.15) is 10.2 Å². The Hall–Kier alpha value is -2.11. The van der Waals surface area contributed by atoms with Gasteiger partial charge in [-0.05, 0) is 20.3 Å². The number of carbonyl (C=O) groups is 1. The average molecular weight is 275 g/mol. The Morgan fingerprint density at radius 3 is 2.65 bits per heavy atom. The van der Waals surface area contributed by atoms with Gasteiger partial charge in [-0.1, -0.05) is 13.3 Å². The van der Waals surface area contributed by atoms with Crippen molar-refractivity contribution in [3.63, 3.8) is 0 Å². The van der Waals surface area contributed by atoms with Crippen LogP contribution >= 0.6 is 0 Å². The topological polar surface area (TPSA) is 64.7 Å². The molecule has 0 aliphatic heterocycles. The molecule has 0 spiro atoms. The van der Waals surface area contributed by atoms with Gasteiger partial charge in [0.1, 0.15) is 5.82 Å². The molecule has 2 rings (SSSR count). The Morgan fingerprint density at radius 2 is 2.05 bits per heavy atom. The van der Waals surface area contributed by atoms with Crippen molar-refractivity contribution in [2.45, 2.75) is 40.2 Å². The van der Waals surface area contributed by atoms with E-state index in [1.807, 2.05) is 25.6 Å². The SMILES string of the molecule is CCCCn1ncc(C)c1NC(=O)c1cnn(C)c1C. The summed E-state index contributed by atoms with van der Waals surface area (Å²) in [6.45, 7) is 6.77. The van der Waals surface area contributed by atoms with Crippen molar-refractivity contribution in [3.05, 3.63) is 29.2 Å². The van der Waals surface area contributed by atoms with E-state index in [1.165, 1.54) is 0 Å². The molecular formula is C14H21N5O. The first-order valence-corrected chi connectivity index (χ1v) is 6.87. The summed E-state index contributed by atoms with van der Waals surface area (Å²) in [5.74, 6) is 0.628. The highest BCUT2D eigenvalue weighted by Crippen LogP contribution is 2.17. The van der Waals surface area contributed by atoms with E-state index in [0.717, 1.165) is 36.5 Å². The molecule has 0 saturated heterocycles. The predicted octanol–water partition coefficient (Wildman–Crippen LogP) is 2.29. The highest BCUT2D eigenvalue weighted by Gasteiger charge is 2.16. The number of carbonyl (C=O) groups excluding carboxylic acids is 1. The largest absolute Gasteiger partial charge is 0.306 e. The molecule has 0 radical (unpaired) electrons. The Bertz CT molecular complexity index is 611. The highest BCUT2D eigenvalue weighted by molar-refractivity contribution is 6.04. The van der Waals surface area contributed by atoms with Crippen molar-refractivity contribution >= 4 is 11.7 Å². The number of nitrogens with zero attached hydrogens (tertiary/aromatic N) is 4. The minimum Gasteiger partial charge on any atom is -0.306 e. The molecule has 1 amide bonds. The minimum absolute atomic E-state index is 0.142. The molecule has 2 aromatic heterocycles. The zero-order valence-electron chi connectivity index (χ0n) is 12.5. The van der Waals surface area contributed by atoms with Gasteiger partial charge in [0.25, 0.3) is 5.91 Å². The fraction of sp³-hybridized carbons (Fsp3) is 0.500. The summed E-state index contributed by atoms with van der Waals surface area (Å²) in [5.41, 5.74) is 2.41. The molecule has 0 atom stereocenters. The quantitative estimate of drug-likeness (QED) is 0.910. The van der Waals surface area contributed by atoms with Gasteiger partial charge in [-0.15, -0.1) is 0 Å². The molecule has 0 aliphatic carbocycles. The maximum absolute atomic E-state index is 12.3. The lowest BCUT2D eigenvalue weighted by molar-refractivity contribution is 0.102. The third-order valence-electron chi connectivity index (χ3n) is 3.46. The number of anilines is 1. The Morgan fingerprint density at radius 1 is 1.30 bits per heavy atom. The van der Waals surface area contributed by atoms with Crippen LogP contribution in [0.2, 0.25) is 0 Å². The number of hydrogen-bond acceptors (Lipinski definition) is 3. The first-order valence-electron chi connectivity index (χ1n) is 6.87. The second-order valence-corrected chi connectivity index (χ2v) is 4.97. The van der Waals surface area contributed by atoms with Gasteiger partial charge in [0.2, 0.25) is 0 Å². The van der Waals surface area contributed by atoms with Crippen LogP contribution in [0.25, 0.3) is 0 Å². The van der Waals surface area contributed by atoms with E-state index in [2.05, 4.69) is 22.4 Å². The summed E-state index contributed by atoms with van der Waals surface area (Å²) >= 11 is 0. The van der Waals surface area contributed by atoms with Gasteiger partial charge in [-0.3, -0.25) is 9.48 Å². The zero-order chi connectivity index (χ0) is 14.7. The van der Waals surface area contributed by atoms with Crippen molar-refractivity contribution in [2.75, 3.05) is 5.32 Å². The molecule has 0 saturated carbocycles. The van der Waals surface area contributed by atoms with Crippen LogP contribution in [-0.4, -0.2) is 25.5 Å². The molecular weight excluding hydrogens is 254 g/mol. The van der Waals surface area contributed by atoms with E-state index >= 15 is 0 Å². The zero-order valence-corrected chi connectivity index (χ0v) is 12.5. The lowest BCUT2D eigenvalue weighted by atomic mass is 10.2. The smallest absolute Gasteiger partial charge is 0.260 e. The van der Waals surface area contributed by atoms with Crippen LogP contribution in [-0.2, 0) is 13.6 Å². The first kappa shape index (κ1) is 14.3. The van der Waals surface area contributed by atoms with E-state index in [4.69, 9.17) is 0 Å². The lowest BCUT2D eigenvalue weighted by Gasteiger charge is -2.09. The molecule has 20 heavy (non-hydrogen) atoms. The third kappa shape index (κ3) is 2.74. The number of aryl methyl sites for hydroxylation is 3. The summed E-state index contributed by atoms with van der Waals surface area (Å²) in [6.07, 6.45) is 5.50. The maximum Gasteiger partial charge on any atom is 0.260 e. The fourth-order valence-electron chi connectivity index (χ4n) is 2.02. The molecule has 0 bridgehead atoms. The predicted molar refractivity (Wildman–Crippen MR) is 77.8 cm³/mol. The van der Waals surface area contributed by atoms with Crippen LogP contribution in [0.1, 0.15) is 41.4 Å². The lowest BCUT2D eigenvalue weighted by Crippen LogP contribution is -2.17. The molecule has 1 N–H and O–H groups in total. The number of rotatable bonds is 5. The van der Waals surface area contributed by atoms with Gasteiger partial charge >= 0.3 is 0 Å². The van der Waals surface area contributed by atoms with Crippen molar-refractivity contribution in [1.29, 1.82) is 0 Å². The second-order valence-electron chi connectivity index (χ2n) is 4.97. The van der Waals surface area contributed by atoms with E-state index in [1.54, 1.807) is 17.1 Å². The molecule has 0 fully saturated rings. The van der Waals surface area contributed by atoms with Gasteiger partial charge in [0.15, 0.2) is 0 Å². The molecule has 0 unspecified atom stereocenters. The van der Waals surface area contributed by atoms with Gasteiger partial charge in [-0.25, -0.2) is 4.68 Å². The summed E-state index contributed by atoms with van der Waals surface area (Å²) in [5, 5.41) is 11.3. The summed E-state index contributed by atoms with van der Waals surface area (Å²) in [6, 6.07) is 0. The Balaban J connectivity index is 2.19. The van der Waals surface area contributed by atoms with Gasteiger partial charge in [0.05, 0.1) is 18.0 Å². The number of nitrogens with one attached hydrogen (secondary N) is 1. The van der Waals surface area contributed by atoms with E-state index in [0.29, 0.717) is 5.56 Å². The fourth-order valence-corrected chi connectivity index (χ4v) is 2.02. The van der Waals surface area contributed by atoms with Crippen molar-refractivity contribution in [1.82, 2.24) is 19.6 Å². The van der Waals surface area contributed by atoms with Crippen LogP contribution in [0.4, 0.5) is 5.82 Å². The second kappa shape index (κ2) is 5.90. The number of amides is 1. The van der Waals surface area contributed by atoms with E-state index in [9.17, 15) is 4.79 Å². The van der Waals surface area contributed by atoms with Crippen molar-refractivity contribution in [2.24, 2.45) is 7.05 Å². The van der Waals surface area contributed by atoms with Gasteiger partial charge in [0, 0.05) is 24.8 Å². The van der Waals surface area contributed by atoms with Crippen LogP contribution in [0.3, 0.4) is 0 Å². The normalized spacial score (nSPS) is 10.8. The van der Waals surface area contributed by atoms with Crippen molar-refractivity contribution < 1.29 is 4.79 Å². The molecule has 2 heterocycles. The molecule has 6 heteroatoms. The Labute approximate surface area is 118 Å². The summed E-state index contributed by atoms with van der Waals surface area (Å²) in [4.78, 5) is 12.3. The van der Waals surface area contributed by atoms with Crippen molar-refractivity contribution in [3.8, 4) is 0 Å². The molecule has 0 aliphatic rings. The number of unbranched alkanes of at least 4 members (excludes halogenated alkanes) is 1. The molecule has 6 nitrogen and oxygen atoms in total. The molecule has 2 aromatic rings. The number of aromatic nitrogens is 4. The van der Waals surface area contributed by atoms with Crippen LogP contribution in [0.15, 0.2) is 12.4 Å².